The minimum Gasteiger partial charge on any atom is -0.477 e. The van der Waals surface area contributed by atoms with Crippen molar-refractivity contribution in [1.82, 2.24) is 4.98 Å². The molecule has 1 aromatic carbocycles. The van der Waals surface area contributed by atoms with Crippen LogP contribution in [0.4, 0.5) is 8.78 Å². The number of aromatic amines is 1. The van der Waals surface area contributed by atoms with Gasteiger partial charge in [-0.25, -0.2) is 4.79 Å². The minimum absolute atomic E-state index is 0.175. The van der Waals surface area contributed by atoms with E-state index in [1.165, 1.54) is 13.0 Å². The average Bonchev–Trinajstić information content (AvgIpc) is 2.53. The van der Waals surface area contributed by atoms with E-state index in [0.717, 1.165) is 0 Å². The summed E-state index contributed by atoms with van der Waals surface area (Å²) in [5.74, 6) is -6.01. The summed E-state index contributed by atoms with van der Waals surface area (Å²) in [5, 5.41) is 8.78. The number of alkyl halides is 2. The van der Waals surface area contributed by atoms with Crippen LogP contribution in [-0.2, 0) is 10.7 Å². The molecule has 16 heavy (non-hydrogen) atoms. The third kappa shape index (κ3) is 1.36. The van der Waals surface area contributed by atoms with Crippen molar-refractivity contribution in [2.24, 2.45) is 0 Å². The van der Waals surface area contributed by atoms with Crippen LogP contribution >= 0.6 is 0 Å². The number of aryl methyl sites for hydroxylation is 1. The molecule has 0 aliphatic rings. The number of hydrogen-bond donors (Lipinski definition) is 2. The minimum atomic E-state index is -3.87. The van der Waals surface area contributed by atoms with Gasteiger partial charge in [0, 0.05) is 16.6 Å². The SMILES string of the molecule is Cc1[nH]c2ccccc2c1C(F)(F)C(=O)O. The first-order valence-electron chi connectivity index (χ1n) is 4.63. The molecule has 0 unspecified atom stereocenters. The van der Waals surface area contributed by atoms with Crippen molar-refractivity contribution in [2.75, 3.05) is 0 Å². The van der Waals surface area contributed by atoms with Crippen LogP contribution in [0.1, 0.15) is 11.3 Å². The van der Waals surface area contributed by atoms with E-state index in [1.807, 2.05) is 0 Å². The van der Waals surface area contributed by atoms with Crippen LogP contribution in [0.15, 0.2) is 24.3 Å². The summed E-state index contributed by atoms with van der Waals surface area (Å²) in [6, 6.07) is 6.40. The molecule has 2 N–H and O–H groups in total. The average molecular weight is 225 g/mol. The maximum atomic E-state index is 13.5. The highest BCUT2D eigenvalue weighted by Gasteiger charge is 2.44. The van der Waals surface area contributed by atoms with Crippen molar-refractivity contribution in [3.05, 3.63) is 35.5 Å². The molecule has 0 radical (unpaired) electrons. The van der Waals surface area contributed by atoms with E-state index in [4.69, 9.17) is 5.11 Å². The molecule has 1 heterocycles. The molecular weight excluding hydrogens is 216 g/mol. The number of rotatable bonds is 2. The van der Waals surface area contributed by atoms with Crippen LogP contribution in [0.3, 0.4) is 0 Å². The summed E-state index contributed by atoms with van der Waals surface area (Å²) in [5.41, 5.74) is 0.222. The number of benzene rings is 1. The zero-order valence-corrected chi connectivity index (χ0v) is 8.42. The predicted molar refractivity (Wildman–Crippen MR) is 54.6 cm³/mol. The van der Waals surface area contributed by atoms with Crippen molar-refractivity contribution >= 4 is 16.9 Å². The lowest BCUT2D eigenvalue weighted by Gasteiger charge is -2.11. The third-order valence-electron chi connectivity index (χ3n) is 2.48. The second-order valence-corrected chi connectivity index (χ2v) is 3.55. The number of aromatic nitrogens is 1. The number of aliphatic carboxylic acids is 1. The highest BCUT2D eigenvalue weighted by molar-refractivity contribution is 5.91. The number of hydrogen-bond acceptors (Lipinski definition) is 1. The van der Waals surface area contributed by atoms with Crippen LogP contribution < -0.4 is 0 Å². The Kier molecular flexibility index (Phi) is 2.18. The number of carboxylic acid groups (broad SMARTS) is 1. The number of halogens is 2. The molecular formula is C11H9F2NO2. The quantitative estimate of drug-likeness (QED) is 0.825. The highest BCUT2D eigenvalue weighted by Crippen LogP contribution is 2.36. The van der Waals surface area contributed by atoms with Gasteiger partial charge in [-0.15, -0.1) is 0 Å². The molecule has 2 rings (SSSR count). The van der Waals surface area contributed by atoms with Gasteiger partial charge in [0.1, 0.15) is 0 Å². The first kappa shape index (κ1) is 10.6. The largest absolute Gasteiger partial charge is 0.477 e. The molecule has 0 saturated carbocycles. The van der Waals surface area contributed by atoms with Gasteiger partial charge in [0.15, 0.2) is 0 Å². The molecule has 3 nitrogen and oxygen atoms in total. The van der Waals surface area contributed by atoms with Crippen molar-refractivity contribution in [3.63, 3.8) is 0 Å². The molecule has 0 spiro atoms. The molecule has 0 amide bonds. The first-order chi connectivity index (χ1) is 7.44. The number of carbonyl (C=O) groups is 1. The number of para-hydroxylation sites is 1. The normalized spacial score (nSPS) is 11.9. The maximum Gasteiger partial charge on any atom is 0.379 e. The Morgan fingerprint density at radius 2 is 2.00 bits per heavy atom. The van der Waals surface area contributed by atoms with E-state index >= 15 is 0 Å². The predicted octanol–water partition coefficient (Wildman–Crippen LogP) is 2.65. The van der Waals surface area contributed by atoms with Crippen LogP contribution in [0.2, 0.25) is 0 Å². The molecule has 5 heteroatoms. The van der Waals surface area contributed by atoms with Gasteiger partial charge < -0.3 is 10.1 Å². The standard InChI is InChI=1S/C11H9F2NO2/c1-6-9(11(12,13)10(15)16)7-4-2-3-5-8(7)14-6/h2-5,14H,1H3,(H,15,16). The van der Waals surface area contributed by atoms with Crippen molar-refractivity contribution in [2.45, 2.75) is 12.8 Å². The van der Waals surface area contributed by atoms with Gasteiger partial charge in [-0.05, 0) is 13.0 Å². The zero-order valence-electron chi connectivity index (χ0n) is 8.42. The third-order valence-corrected chi connectivity index (χ3v) is 2.48. The topological polar surface area (TPSA) is 53.1 Å². The molecule has 84 valence electrons. The van der Waals surface area contributed by atoms with E-state index in [9.17, 15) is 13.6 Å². The number of carboxylic acids is 1. The Labute approximate surface area is 89.7 Å². The lowest BCUT2D eigenvalue weighted by atomic mass is 10.0. The number of H-pyrrole nitrogens is 1. The number of fused-ring (bicyclic) bond motifs is 1. The Hall–Kier alpha value is -1.91. The van der Waals surface area contributed by atoms with Crippen molar-refractivity contribution in [3.8, 4) is 0 Å². The summed E-state index contributed by atoms with van der Waals surface area (Å²) in [6.07, 6.45) is 0. The maximum absolute atomic E-state index is 13.5. The molecule has 0 aliphatic carbocycles. The van der Waals surface area contributed by atoms with Crippen LogP contribution in [0, 0.1) is 6.92 Å². The van der Waals surface area contributed by atoms with E-state index in [1.54, 1.807) is 18.2 Å². The van der Waals surface area contributed by atoms with E-state index in [2.05, 4.69) is 4.98 Å². The summed E-state index contributed by atoms with van der Waals surface area (Å²) in [6.45, 7) is 1.44. The molecule has 0 aliphatic heterocycles. The fraction of sp³-hybridized carbons (Fsp3) is 0.182. The van der Waals surface area contributed by atoms with Crippen LogP contribution in [0.5, 0.6) is 0 Å². The summed E-state index contributed by atoms with van der Waals surface area (Å²) < 4.78 is 27.0. The summed E-state index contributed by atoms with van der Waals surface area (Å²) in [7, 11) is 0. The fourth-order valence-corrected chi connectivity index (χ4v) is 1.79. The monoisotopic (exact) mass is 225 g/mol. The van der Waals surface area contributed by atoms with E-state index in [-0.39, 0.29) is 11.1 Å². The van der Waals surface area contributed by atoms with Gasteiger partial charge in [-0.2, -0.15) is 8.78 Å². The van der Waals surface area contributed by atoms with Gasteiger partial charge in [0.25, 0.3) is 0 Å². The Morgan fingerprint density at radius 3 is 2.62 bits per heavy atom. The highest BCUT2D eigenvalue weighted by atomic mass is 19.3. The lowest BCUT2D eigenvalue weighted by molar-refractivity contribution is -0.166. The van der Waals surface area contributed by atoms with Crippen molar-refractivity contribution < 1.29 is 18.7 Å². The smallest absolute Gasteiger partial charge is 0.379 e. The van der Waals surface area contributed by atoms with Gasteiger partial charge in [0.2, 0.25) is 0 Å². The zero-order chi connectivity index (χ0) is 11.9. The molecule has 2 aromatic rings. The van der Waals surface area contributed by atoms with Gasteiger partial charge >= 0.3 is 11.9 Å². The molecule has 0 saturated heterocycles. The Morgan fingerprint density at radius 1 is 1.38 bits per heavy atom. The van der Waals surface area contributed by atoms with Crippen molar-refractivity contribution in [1.29, 1.82) is 0 Å². The second-order valence-electron chi connectivity index (χ2n) is 3.55. The lowest BCUT2D eigenvalue weighted by Crippen LogP contribution is -2.25. The molecule has 0 atom stereocenters. The van der Waals surface area contributed by atoms with Crippen LogP contribution in [-0.4, -0.2) is 16.1 Å². The van der Waals surface area contributed by atoms with E-state index < -0.39 is 17.5 Å². The van der Waals surface area contributed by atoms with Gasteiger partial charge in [-0.1, -0.05) is 18.2 Å². The fourth-order valence-electron chi connectivity index (χ4n) is 1.79. The van der Waals surface area contributed by atoms with Gasteiger partial charge in [-0.3, -0.25) is 0 Å². The summed E-state index contributed by atoms with van der Waals surface area (Å²) in [4.78, 5) is 13.3. The molecule has 0 fully saturated rings. The van der Waals surface area contributed by atoms with Crippen LogP contribution in [0.25, 0.3) is 10.9 Å². The van der Waals surface area contributed by atoms with Gasteiger partial charge in [0.05, 0.1) is 5.56 Å². The van der Waals surface area contributed by atoms with E-state index in [0.29, 0.717) is 5.52 Å². The molecule has 0 bridgehead atoms. The Balaban J connectivity index is 2.78. The Bertz CT molecular complexity index is 560. The first-order valence-corrected chi connectivity index (χ1v) is 4.63. The second kappa shape index (κ2) is 3.30. The number of nitrogens with one attached hydrogen (secondary N) is 1. The summed E-state index contributed by atoms with van der Waals surface area (Å²) >= 11 is 0. The molecule has 1 aromatic heterocycles.